The molecule has 1 saturated heterocycles. The van der Waals surface area contributed by atoms with Crippen LogP contribution in [0.4, 0.5) is 10.1 Å². The Balaban J connectivity index is 1.82. The Kier molecular flexibility index (Phi) is 4.75. The second-order valence-electron chi connectivity index (χ2n) is 7.49. The lowest BCUT2D eigenvalue weighted by atomic mass is 10.0. The average molecular weight is 378 g/mol. The minimum Gasteiger partial charge on any atom is -0.366 e. The van der Waals surface area contributed by atoms with Crippen molar-refractivity contribution < 1.29 is 14.0 Å². The quantitative estimate of drug-likeness (QED) is 0.751. The third kappa shape index (κ3) is 3.11. The van der Waals surface area contributed by atoms with E-state index in [0.29, 0.717) is 22.5 Å². The molecule has 0 aliphatic carbocycles. The number of imide groups is 1. The minimum atomic E-state index is -0.369. The van der Waals surface area contributed by atoms with Crippen LogP contribution < -0.4 is 4.90 Å². The highest BCUT2D eigenvalue weighted by atomic mass is 19.1. The summed E-state index contributed by atoms with van der Waals surface area (Å²) in [7, 11) is 0. The number of hydrogen-bond acceptors (Lipinski definition) is 3. The van der Waals surface area contributed by atoms with Crippen molar-refractivity contribution in [2.45, 2.75) is 33.1 Å². The second-order valence-corrected chi connectivity index (χ2v) is 7.49. The maximum atomic E-state index is 13.4. The highest BCUT2D eigenvalue weighted by Gasteiger charge is 2.42. The van der Waals surface area contributed by atoms with E-state index in [0.717, 1.165) is 43.5 Å². The van der Waals surface area contributed by atoms with Crippen molar-refractivity contribution in [3.63, 3.8) is 0 Å². The van der Waals surface area contributed by atoms with E-state index < -0.39 is 0 Å². The first-order chi connectivity index (χ1) is 13.5. The summed E-state index contributed by atoms with van der Waals surface area (Å²) in [5, 5.41) is 0. The van der Waals surface area contributed by atoms with Crippen molar-refractivity contribution in [2.75, 3.05) is 18.0 Å². The van der Waals surface area contributed by atoms with Gasteiger partial charge >= 0.3 is 0 Å². The van der Waals surface area contributed by atoms with Crippen molar-refractivity contribution >= 4 is 23.1 Å². The smallest absolute Gasteiger partial charge is 0.282 e. The molecular formula is C23H23FN2O2. The Bertz CT molecular complexity index is 973. The van der Waals surface area contributed by atoms with Gasteiger partial charge in [0.15, 0.2) is 0 Å². The van der Waals surface area contributed by atoms with Gasteiger partial charge in [0, 0.05) is 13.1 Å². The Hall–Kier alpha value is -2.95. The molecule has 2 amide bonds. The molecule has 0 bridgehead atoms. The van der Waals surface area contributed by atoms with Gasteiger partial charge in [0.1, 0.15) is 11.5 Å². The van der Waals surface area contributed by atoms with E-state index >= 15 is 0 Å². The monoisotopic (exact) mass is 378 g/mol. The number of rotatable bonds is 3. The summed E-state index contributed by atoms with van der Waals surface area (Å²) in [5.41, 5.74) is 4.08. The molecular weight excluding hydrogens is 355 g/mol. The standard InChI is InChI=1S/C23H23FN2O2/c1-15-6-11-19(14-16(15)2)26-22(27)20(17-7-9-18(24)10-8-17)21(23(26)28)25-12-4-3-5-13-25/h6-11,14H,3-5,12-13H2,1-2H3. The topological polar surface area (TPSA) is 40.6 Å². The molecule has 2 aliphatic rings. The van der Waals surface area contributed by atoms with Gasteiger partial charge in [-0.1, -0.05) is 18.2 Å². The Labute approximate surface area is 164 Å². The number of piperidine rings is 1. The molecule has 5 heteroatoms. The normalized spacial score (nSPS) is 17.7. The molecule has 0 unspecified atom stereocenters. The van der Waals surface area contributed by atoms with Crippen LogP contribution in [0.1, 0.15) is 36.0 Å². The number of nitrogens with zero attached hydrogens (tertiary/aromatic N) is 2. The first-order valence-electron chi connectivity index (χ1n) is 9.68. The lowest BCUT2D eigenvalue weighted by Crippen LogP contribution is -2.37. The van der Waals surface area contributed by atoms with Gasteiger partial charge in [0.25, 0.3) is 11.8 Å². The van der Waals surface area contributed by atoms with Crippen LogP contribution in [0, 0.1) is 19.7 Å². The van der Waals surface area contributed by atoms with E-state index in [-0.39, 0.29) is 17.6 Å². The van der Waals surface area contributed by atoms with Crippen LogP contribution in [-0.4, -0.2) is 29.8 Å². The molecule has 4 nitrogen and oxygen atoms in total. The molecule has 28 heavy (non-hydrogen) atoms. The Morgan fingerprint density at radius 3 is 2.14 bits per heavy atom. The molecule has 0 aromatic heterocycles. The molecule has 0 N–H and O–H groups in total. The molecule has 2 aromatic carbocycles. The number of carbonyl (C=O) groups is 2. The fourth-order valence-corrected chi connectivity index (χ4v) is 3.90. The predicted molar refractivity (Wildman–Crippen MR) is 107 cm³/mol. The maximum Gasteiger partial charge on any atom is 0.282 e. The van der Waals surface area contributed by atoms with Gasteiger partial charge in [0.2, 0.25) is 0 Å². The van der Waals surface area contributed by atoms with Crippen LogP contribution in [-0.2, 0) is 9.59 Å². The van der Waals surface area contributed by atoms with Crippen LogP contribution in [0.25, 0.3) is 5.57 Å². The fraction of sp³-hybridized carbons (Fsp3) is 0.304. The molecule has 2 aliphatic heterocycles. The predicted octanol–water partition coefficient (Wildman–Crippen LogP) is 4.21. The first-order valence-corrected chi connectivity index (χ1v) is 9.68. The molecule has 0 radical (unpaired) electrons. The van der Waals surface area contributed by atoms with Crippen LogP contribution in [0.3, 0.4) is 0 Å². The Morgan fingerprint density at radius 2 is 1.50 bits per heavy atom. The zero-order valence-electron chi connectivity index (χ0n) is 16.2. The summed E-state index contributed by atoms with van der Waals surface area (Å²) in [5.74, 6) is -1.01. The molecule has 0 spiro atoms. The number of benzene rings is 2. The fourth-order valence-electron chi connectivity index (χ4n) is 3.90. The van der Waals surface area contributed by atoms with Gasteiger partial charge in [-0.15, -0.1) is 0 Å². The van der Waals surface area contributed by atoms with E-state index in [1.807, 2.05) is 30.9 Å². The van der Waals surface area contributed by atoms with E-state index in [9.17, 15) is 14.0 Å². The second kappa shape index (κ2) is 7.23. The highest BCUT2D eigenvalue weighted by Crippen LogP contribution is 2.36. The summed E-state index contributed by atoms with van der Waals surface area (Å²) < 4.78 is 13.4. The third-order valence-corrected chi connectivity index (χ3v) is 5.61. The van der Waals surface area contributed by atoms with Crippen LogP contribution in [0.15, 0.2) is 48.2 Å². The van der Waals surface area contributed by atoms with Crippen molar-refractivity contribution in [1.82, 2.24) is 4.90 Å². The first kappa shape index (κ1) is 18.4. The van der Waals surface area contributed by atoms with Gasteiger partial charge in [-0.25, -0.2) is 9.29 Å². The molecule has 2 heterocycles. The maximum absolute atomic E-state index is 13.4. The summed E-state index contributed by atoms with van der Waals surface area (Å²) >= 11 is 0. The number of likely N-dealkylation sites (tertiary alicyclic amines) is 1. The summed E-state index contributed by atoms with van der Waals surface area (Å²) in [6.45, 7) is 5.46. The number of anilines is 1. The molecule has 0 atom stereocenters. The third-order valence-electron chi connectivity index (χ3n) is 5.61. The van der Waals surface area contributed by atoms with Gasteiger partial charge < -0.3 is 4.90 Å². The average Bonchev–Trinajstić information content (AvgIpc) is 2.96. The number of carbonyl (C=O) groups excluding carboxylic acids is 2. The van der Waals surface area contributed by atoms with Crippen LogP contribution in [0.5, 0.6) is 0 Å². The van der Waals surface area contributed by atoms with Crippen molar-refractivity contribution in [3.8, 4) is 0 Å². The molecule has 144 valence electrons. The molecule has 4 rings (SSSR count). The van der Waals surface area contributed by atoms with Gasteiger partial charge in [-0.05, 0) is 74.1 Å². The summed E-state index contributed by atoms with van der Waals surface area (Å²) in [6, 6.07) is 11.4. The largest absolute Gasteiger partial charge is 0.366 e. The highest BCUT2D eigenvalue weighted by molar-refractivity contribution is 6.45. The van der Waals surface area contributed by atoms with Crippen LogP contribution in [0.2, 0.25) is 0 Å². The minimum absolute atomic E-state index is 0.297. The zero-order chi connectivity index (χ0) is 19.8. The number of halogens is 1. The number of amides is 2. The van der Waals surface area contributed by atoms with E-state index in [1.54, 1.807) is 18.2 Å². The van der Waals surface area contributed by atoms with Crippen molar-refractivity contribution in [3.05, 3.63) is 70.7 Å². The van der Waals surface area contributed by atoms with E-state index in [2.05, 4.69) is 0 Å². The SMILES string of the molecule is Cc1ccc(N2C(=O)C(c3ccc(F)cc3)=C(N3CCCCC3)C2=O)cc1C. The van der Waals surface area contributed by atoms with Gasteiger partial charge in [0.05, 0.1) is 11.3 Å². The lowest BCUT2D eigenvalue weighted by molar-refractivity contribution is -0.120. The molecule has 1 fully saturated rings. The number of aryl methyl sites for hydroxylation is 2. The summed E-state index contributed by atoms with van der Waals surface area (Å²) in [6.07, 6.45) is 3.11. The Morgan fingerprint density at radius 1 is 0.821 bits per heavy atom. The molecule has 2 aromatic rings. The molecule has 0 saturated carbocycles. The summed E-state index contributed by atoms with van der Waals surface area (Å²) in [4.78, 5) is 30.0. The van der Waals surface area contributed by atoms with Crippen molar-refractivity contribution in [1.29, 1.82) is 0 Å². The zero-order valence-corrected chi connectivity index (χ0v) is 16.2. The lowest BCUT2D eigenvalue weighted by Gasteiger charge is -2.29. The van der Waals surface area contributed by atoms with Crippen LogP contribution >= 0.6 is 0 Å². The number of hydrogen-bond donors (Lipinski definition) is 0. The van der Waals surface area contributed by atoms with E-state index in [4.69, 9.17) is 0 Å². The van der Waals surface area contributed by atoms with E-state index in [1.165, 1.54) is 17.0 Å². The van der Waals surface area contributed by atoms with Gasteiger partial charge in [-0.3, -0.25) is 9.59 Å². The van der Waals surface area contributed by atoms with Gasteiger partial charge in [-0.2, -0.15) is 0 Å². The van der Waals surface area contributed by atoms with Crippen molar-refractivity contribution in [2.24, 2.45) is 0 Å².